The van der Waals surface area contributed by atoms with Crippen molar-refractivity contribution < 1.29 is 18.3 Å². The number of halogens is 2. The van der Waals surface area contributed by atoms with Crippen molar-refractivity contribution in [3.8, 4) is 0 Å². The Bertz CT molecular complexity index is 773. The zero-order valence-corrected chi connectivity index (χ0v) is 16.1. The SMILES string of the molecule is COCCN(CCNC(=O)c1cnn2ccncc12)CC1CCC(F)(F)CC1. The number of fused-ring (bicyclic) bond motifs is 1. The molecule has 2 aromatic rings. The van der Waals surface area contributed by atoms with Gasteiger partial charge in [0.25, 0.3) is 5.91 Å². The van der Waals surface area contributed by atoms with E-state index in [1.807, 2.05) is 0 Å². The topological polar surface area (TPSA) is 71.8 Å². The molecule has 1 amide bonds. The molecule has 0 spiro atoms. The first-order valence-electron chi connectivity index (χ1n) is 9.63. The number of carbonyl (C=O) groups excluding carboxylic acids is 1. The van der Waals surface area contributed by atoms with E-state index in [1.165, 1.54) is 6.20 Å². The Morgan fingerprint density at radius 3 is 2.89 bits per heavy atom. The number of alkyl halides is 2. The van der Waals surface area contributed by atoms with Crippen molar-refractivity contribution in [3.05, 3.63) is 30.4 Å². The van der Waals surface area contributed by atoms with Crippen molar-refractivity contribution in [3.63, 3.8) is 0 Å². The van der Waals surface area contributed by atoms with Crippen LogP contribution in [-0.4, -0.2) is 71.2 Å². The third-order valence-corrected chi connectivity index (χ3v) is 5.25. The van der Waals surface area contributed by atoms with Gasteiger partial charge in [-0.05, 0) is 18.8 Å². The van der Waals surface area contributed by atoms with E-state index in [0.717, 1.165) is 6.54 Å². The Labute approximate surface area is 163 Å². The van der Waals surface area contributed by atoms with Gasteiger partial charge < -0.3 is 10.1 Å². The number of hydrogen-bond acceptors (Lipinski definition) is 5. The van der Waals surface area contributed by atoms with E-state index in [9.17, 15) is 13.6 Å². The number of aromatic nitrogens is 3. The van der Waals surface area contributed by atoms with Crippen LogP contribution in [0.3, 0.4) is 0 Å². The first-order valence-corrected chi connectivity index (χ1v) is 9.63. The second-order valence-corrected chi connectivity index (χ2v) is 7.31. The largest absolute Gasteiger partial charge is 0.383 e. The van der Waals surface area contributed by atoms with Crippen LogP contribution in [0.1, 0.15) is 36.0 Å². The number of rotatable bonds is 9. The minimum absolute atomic E-state index is 0.0325. The van der Waals surface area contributed by atoms with Crippen molar-refractivity contribution in [2.75, 3.05) is 39.9 Å². The maximum atomic E-state index is 13.4. The van der Waals surface area contributed by atoms with Crippen LogP contribution in [0.2, 0.25) is 0 Å². The van der Waals surface area contributed by atoms with E-state index in [0.29, 0.717) is 50.2 Å². The maximum absolute atomic E-state index is 13.4. The van der Waals surface area contributed by atoms with Crippen molar-refractivity contribution in [2.24, 2.45) is 5.92 Å². The fourth-order valence-electron chi connectivity index (χ4n) is 3.59. The minimum Gasteiger partial charge on any atom is -0.383 e. The Morgan fingerprint density at radius 1 is 1.36 bits per heavy atom. The van der Waals surface area contributed by atoms with Gasteiger partial charge in [-0.15, -0.1) is 0 Å². The van der Waals surface area contributed by atoms with Gasteiger partial charge in [-0.3, -0.25) is 14.7 Å². The van der Waals surface area contributed by atoms with Crippen molar-refractivity contribution in [1.82, 2.24) is 24.8 Å². The molecule has 0 bridgehead atoms. The number of nitrogens with one attached hydrogen (secondary N) is 1. The monoisotopic (exact) mass is 395 g/mol. The third kappa shape index (κ3) is 5.45. The number of amides is 1. The standard InChI is InChI=1S/C19H27F2N5O2/c1-28-11-10-25(14-15-2-4-19(20,21)5-3-15)8-7-23-18(27)16-12-24-26-9-6-22-13-17(16)26/h6,9,12-13,15H,2-5,7-8,10-11,14H2,1H3,(H,23,27). The van der Waals surface area contributed by atoms with E-state index in [4.69, 9.17) is 4.74 Å². The second-order valence-electron chi connectivity index (χ2n) is 7.31. The molecule has 0 aliphatic heterocycles. The lowest BCUT2D eigenvalue weighted by atomic mass is 9.86. The summed E-state index contributed by atoms with van der Waals surface area (Å²) in [5.41, 5.74) is 1.13. The molecule has 1 aliphatic carbocycles. The van der Waals surface area contributed by atoms with Gasteiger partial charge in [0.15, 0.2) is 0 Å². The molecule has 28 heavy (non-hydrogen) atoms. The smallest absolute Gasteiger partial charge is 0.255 e. The summed E-state index contributed by atoms with van der Waals surface area (Å²) in [5.74, 6) is -2.45. The lowest BCUT2D eigenvalue weighted by molar-refractivity contribution is -0.0492. The Morgan fingerprint density at radius 2 is 2.14 bits per heavy atom. The number of nitrogens with zero attached hydrogens (tertiary/aromatic N) is 4. The molecule has 2 heterocycles. The molecule has 0 saturated heterocycles. The van der Waals surface area contributed by atoms with Gasteiger partial charge in [0, 0.05) is 58.5 Å². The highest BCUT2D eigenvalue weighted by Gasteiger charge is 2.35. The van der Waals surface area contributed by atoms with Crippen LogP contribution in [-0.2, 0) is 4.74 Å². The quantitative estimate of drug-likeness (QED) is 0.705. The van der Waals surface area contributed by atoms with Gasteiger partial charge in [0.2, 0.25) is 5.92 Å². The molecule has 3 rings (SSSR count). The highest BCUT2D eigenvalue weighted by molar-refractivity contribution is 6.00. The average Bonchev–Trinajstić information content (AvgIpc) is 3.11. The molecular formula is C19H27F2N5O2. The predicted octanol–water partition coefficient (Wildman–Crippen LogP) is 2.23. The zero-order valence-electron chi connectivity index (χ0n) is 16.1. The number of hydrogen-bond donors (Lipinski definition) is 1. The highest BCUT2D eigenvalue weighted by Crippen LogP contribution is 2.36. The van der Waals surface area contributed by atoms with Gasteiger partial charge in [-0.1, -0.05) is 0 Å². The third-order valence-electron chi connectivity index (χ3n) is 5.25. The van der Waals surface area contributed by atoms with Gasteiger partial charge in [0.1, 0.15) is 0 Å². The lowest BCUT2D eigenvalue weighted by Gasteiger charge is -2.32. The molecular weight excluding hydrogens is 368 g/mol. The second kappa shape index (κ2) is 9.38. The van der Waals surface area contributed by atoms with Crippen LogP contribution in [0.25, 0.3) is 5.52 Å². The molecule has 0 radical (unpaired) electrons. The normalized spacial score (nSPS) is 17.3. The molecule has 0 unspecified atom stereocenters. The lowest BCUT2D eigenvalue weighted by Crippen LogP contribution is -2.40. The summed E-state index contributed by atoms with van der Waals surface area (Å²) in [6.07, 6.45) is 7.44. The molecule has 1 saturated carbocycles. The zero-order chi connectivity index (χ0) is 20.0. The Hall–Kier alpha value is -2.13. The number of ether oxygens (including phenoxy) is 1. The molecule has 2 aromatic heterocycles. The van der Waals surface area contributed by atoms with Gasteiger partial charge in [0.05, 0.1) is 30.1 Å². The maximum Gasteiger partial charge on any atom is 0.255 e. The molecule has 0 atom stereocenters. The molecule has 7 nitrogen and oxygen atoms in total. The van der Waals surface area contributed by atoms with Crippen LogP contribution >= 0.6 is 0 Å². The fourth-order valence-corrected chi connectivity index (χ4v) is 3.59. The van der Waals surface area contributed by atoms with Crippen LogP contribution in [0.4, 0.5) is 8.78 Å². The molecule has 1 fully saturated rings. The minimum atomic E-state index is -2.51. The van der Waals surface area contributed by atoms with E-state index in [2.05, 4.69) is 20.3 Å². The number of methoxy groups -OCH3 is 1. The van der Waals surface area contributed by atoms with Crippen molar-refractivity contribution >= 4 is 11.4 Å². The summed E-state index contributed by atoms with van der Waals surface area (Å²) >= 11 is 0. The van der Waals surface area contributed by atoms with Crippen LogP contribution in [0.15, 0.2) is 24.8 Å². The average molecular weight is 395 g/mol. The van der Waals surface area contributed by atoms with Crippen molar-refractivity contribution in [1.29, 1.82) is 0 Å². The summed E-state index contributed by atoms with van der Waals surface area (Å²) < 4.78 is 33.5. The first-order chi connectivity index (χ1) is 13.5. The van der Waals surface area contributed by atoms with E-state index in [-0.39, 0.29) is 24.7 Å². The molecule has 9 heteroatoms. The van der Waals surface area contributed by atoms with Crippen molar-refractivity contribution in [2.45, 2.75) is 31.6 Å². The van der Waals surface area contributed by atoms with Crippen LogP contribution in [0.5, 0.6) is 0 Å². The predicted molar refractivity (Wildman–Crippen MR) is 101 cm³/mol. The van der Waals surface area contributed by atoms with E-state index in [1.54, 1.807) is 30.2 Å². The number of carbonyl (C=O) groups is 1. The Kier molecular flexibility index (Phi) is 6.90. The molecule has 0 aromatic carbocycles. The fraction of sp³-hybridized carbons (Fsp3) is 0.632. The van der Waals surface area contributed by atoms with E-state index < -0.39 is 5.92 Å². The van der Waals surface area contributed by atoms with Gasteiger partial charge >= 0.3 is 0 Å². The summed E-state index contributed by atoms with van der Waals surface area (Å²) in [4.78, 5) is 18.7. The van der Waals surface area contributed by atoms with Crippen LogP contribution < -0.4 is 5.32 Å². The summed E-state index contributed by atoms with van der Waals surface area (Å²) in [6, 6.07) is 0. The van der Waals surface area contributed by atoms with E-state index >= 15 is 0 Å². The first kappa shape index (κ1) is 20.6. The van der Waals surface area contributed by atoms with Crippen LogP contribution in [0, 0.1) is 5.92 Å². The highest BCUT2D eigenvalue weighted by atomic mass is 19.3. The molecule has 1 N–H and O–H groups in total. The Balaban J connectivity index is 1.50. The molecule has 1 aliphatic rings. The summed E-state index contributed by atoms with van der Waals surface area (Å²) in [5, 5.41) is 7.05. The van der Waals surface area contributed by atoms with Gasteiger partial charge in [-0.25, -0.2) is 13.3 Å². The van der Waals surface area contributed by atoms with Gasteiger partial charge in [-0.2, -0.15) is 5.10 Å². The molecule has 154 valence electrons. The summed E-state index contributed by atoms with van der Waals surface area (Å²) in [6.45, 7) is 3.12. The summed E-state index contributed by atoms with van der Waals surface area (Å²) in [7, 11) is 1.64.